The maximum atomic E-state index is 12.1. The van der Waals surface area contributed by atoms with Crippen LogP contribution in [0.1, 0.15) is 32.3 Å². The first kappa shape index (κ1) is 13.1. The zero-order valence-corrected chi connectivity index (χ0v) is 12.3. The number of rotatable bonds is 3. The first-order valence-corrected chi connectivity index (χ1v) is 8.66. The fourth-order valence-electron chi connectivity index (χ4n) is 3.37. The van der Waals surface area contributed by atoms with Gasteiger partial charge in [-0.15, -0.1) is 0 Å². The number of hydrogen-bond acceptors (Lipinski definition) is 3. The monoisotopic (exact) mass is 279 g/mol. The van der Waals surface area contributed by atoms with Crippen molar-refractivity contribution in [1.82, 2.24) is 5.32 Å². The van der Waals surface area contributed by atoms with Crippen LogP contribution in [-0.4, -0.2) is 26.8 Å². The largest absolute Gasteiger partial charge is 0.314 e. The molecule has 2 aliphatic rings. The Morgan fingerprint density at radius 1 is 1.37 bits per heavy atom. The van der Waals surface area contributed by atoms with Crippen molar-refractivity contribution in [2.75, 3.05) is 12.3 Å². The Morgan fingerprint density at radius 2 is 2.11 bits per heavy atom. The van der Waals surface area contributed by atoms with Gasteiger partial charge in [0.25, 0.3) is 0 Å². The number of benzene rings is 1. The van der Waals surface area contributed by atoms with E-state index in [1.54, 1.807) is 6.07 Å². The van der Waals surface area contributed by atoms with E-state index in [0.29, 0.717) is 22.6 Å². The molecule has 1 aliphatic carbocycles. The minimum absolute atomic E-state index is 0.129. The zero-order chi connectivity index (χ0) is 13.7. The molecule has 0 amide bonds. The minimum Gasteiger partial charge on any atom is -0.314 e. The average molecular weight is 279 g/mol. The quantitative estimate of drug-likeness (QED) is 0.922. The molecule has 0 radical (unpaired) electrons. The Morgan fingerprint density at radius 3 is 2.84 bits per heavy atom. The van der Waals surface area contributed by atoms with E-state index < -0.39 is 9.84 Å². The highest BCUT2D eigenvalue weighted by Crippen LogP contribution is 2.60. The van der Waals surface area contributed by atoms with E-state index in [0.717, 1.165) is 24.9 Å². The van der Waals surface area contributed by atoms with Gasteiger partial charge in [-0.25, -0.2) is 8.42 Å². The second kappa shape index (κ2) is 4.32. The first-order chi connectivity index (χ1) is 8.96. The standard InChI is InChI=1S/C15H21NO2S/c1-11(2)16-10-12-9-15(12)7-8-19(17,18)14-6-4-3-5-13(14)15/h3-6,11-12,16H,7-10H2,1-2H3. The molecule has 0 bridgehead atoms. The molecule has 3 nitrogen and oxygen atoms in total. The second-order valence-electron chi connectivity index (χ2n) is 6.19. The SMILES string of the molecule is CC(C)NCC1CC12CCS(=O)(=O)c1ccccc12. The summed E-state index contributed by atoms with van der Waals surface area (Å²) in [5, 5.41) is 3.48. The molecule has 1 heterocycles. The lowest BCUT2D eigenvalue weighted by atomic mass is 9.90. The van der Waals surface area contributed by atoms with Gasteiger partial charge in [-0.3, -0.25) is 0 Å². The summed E-state index contributed by atoms with van der Waals surface area (Å²) in [7, 11) is -3.05. The van der Waals surface area contributed by atoms with Gasteiger partial charge in [-0.1, -0.05) is 32.0 Å². The molecule has 2 unspecified atom stereocenters. The Balaban J connectivity index is 1.91. The second-order valence-corrected chi connectivity index (χ2v) is 8.26. The van der Waals surface area contributed by atoms with E-state index in [1.165, 1.54) is 0 Å². The van der Waals surface area contributed by atoms with Gasteiger partial charge >= 0.3 is 0 Å². The molecule has 1 spiro atoms. The van der Waals surface area contributed by atoms with E-state index in [2.05, 4.69) is 19.2 Å². The van der Waals surface area contributed by atoms with Gasteiger partial charge in [-0.2, -0.15) is 0 Å². The number of fused-ring (bicyclic) bond motifs is 2. The van der Waals surface area contributed by atoms with Gasteiger partial charge < -0.3 is 5.32 Å². The maximum Gasteiger partial charge on any atom is 0.178 e. The highest BCUT2D eigenvalue weighted by Gasteiger charge is 2.58. The summed E-state index contributed by atoms with van der Waals surface area (Å²) in [6, 6.07) is 8.07. The molecule has 4 heteroatoms. The van der Waals surface area contributed by atoms with Crippen molar-refractivity contribution in [1.29, 1.82) is 0 Å². The van der Waals surface area contributed by atoms with Gasteiger partial charge in [0.1, 0.15) is 0 Å². The minimum atomic E-state index is -3.05. The average Bonchev–Trinajstić information content (AvgIpc) is 3.08. The predicted octanol–water partition coefficient (Wildman–Crippen LogP) is 2.12. The molecule has 0 saturated heterocycles. The van der Waals surface area contributed by atoms with E-state index in [1.807, 2.05) is 18.2 Å². The molecule has 1 aromatic rings. The third-order valence-electron chi connectivity index (χ3n) is 4.58. The van der Waals surface area contributed by atoms with Crippen LogP contribution in [0.3, 0.4) is 0 Å². The van der Waals surface area contributed by atoms with Crippen LogP contribution in [0, 0.1) is 5.92 Å². The van der Waals surface area contributed by atoms with Gasteiger partial charge in [0.05, 0.1) is 10.6 Å². The summed E-state index contributed by atoms with van der Waals surface area (Å²) in [6.07, 6.45) is 1.91. The van der Waals surface area contributed by atoms with Crippen LogP contribution in [0.15, 0.2) is 29.2 Å². The summed E-state index contributed by atoms with van der Waals surface area (Å²) in [5.74, 6) is 0.897. The molecule has 1 saturated carbocycles. The van der Waals surface area contributed by atoms with Gasteiger partial charge in [0, 0.05) is 11.5 Å². The molecular weight excluding hydrogens is 258 g/mol. The third-order valence-corrected chi connectivity index (χ3v) is 6.35. The van der Waals surface area contributed by atoms with E-state index in [-0.39, 0.29) is 5.41 Å². The van der Waals surface area contributed by atoms with Crippen LogP contribution in [0.25, 0.3) is 0 Å². The van der Waals surface area contributed by atoms with E-state index in [4.69, 9.17) is 0 Å². The number of sulfone groups is 1. The molecule has 1 aliphatic heterocycles. The van der Waals surface area contributed by atoms with Crippen LogP contribution < -0.4 is 5.32 Å². The molecule has 19 heavy (non-hydrogen) atoms. The van der Waals surface area contributed by atoms with Crippen molar-refractivity contribution in [3.63, 3.8) is 0 Å². The first-order valence-electron chi connectivity index (χ1n) is 7.01. The molecule has 2 atom stereocenters. The van der Waals surface area contributed by atoms with Crippen molar-refractivity contribution in [2.24, 2.45) is 5.92 Å². The lowest BCUT2D eigenvalue weighted by Crippen LogP contribution is -2.31. The summed E-state index contributed by atoms with van der Waals surface area (Å²) < 4.78 is 24.3. The number of hydrogen-bond donors (Lipinski definition) is 1. The Hall–Kier alpha value is -0.870. The summed E-state index contributed by atoms with van der Waals surface area (Å²) in [5.41, 5.74) is 1.20. The summed E-state index contributed by atoms with van der Waals surface area (Å²) in [6.45, 7) is 5.29. The Kier molecular flexibility index (Phi) is 2.98. The predicted molar refractivity (Wildman–Crippen MR) is 76.0 cm³/mol. The highest BCUT2D eigenvalue weighted by atomic mass is 32.2. The van der Waals surface area contributed by atoms with Gasteiger partial charge in [0.2, 0.25) is 0 Å². The molecule has 104 valence electrons. The van der Waals surface area contributed by atoms with Gasteiger partial charge in [0.15, 0.2) is 9.84 Å². The fraction of sp³-hybridized carbons (Fsp3) is 0.600. The maximum absolute atomic E-state index is 12.1. The summed E-state index contributed by atoms with van der Waals surface area (Å²) >= 11 is 0. The molecular formula is C15H21NO2S. The van der Waals surface area contributed by atoms with E-state index >= 15 is 0 Å². The molecule has 0 aromatic heterocycles. The normalized spacial score (nSPS) is 31.4. The number of nitrogens with one attached hydrogen (secondary N) is 1. The lowest BCUT2D eigenvalue weighted by Gasteiger charge is -2.26. The summed E-state index contributed by atoms with van der Waals surface area (Å²) in [4.78, 5) is 0.577. The topological polar surface area (TPSA) is 46.2 Å². The van der Waals surface area contributed by atoms with Crippen molar-refractivity contribution in [3.8, 4) is 0 Å². The molecule has 1 N–H and O–H groups in total. The molecule has 3 rings (SSSR count). The van der Waals surface area contributed by atoms with Crippen molar-refractivity contribution in [3.05, 3.63) is 29.8 Å². The zero-order valence-electron chi connectivity index (χ0n) is 11.5. The fourth-order valence-corrected chi connectivity index (χ4v) is 5.12. The van der Waals surface area contributed by atoms with Crippen LogP contribution in [0.2, 0.25) is 0 Å². The lowest BCUT2D eigenvalue weighted by molar-refractivity contribution is 0.489. The van der Waals surface area contributed by atoms with Crippen LogP contribution in [0.4, 0.5) is 0 Å². The van der Waals surface area contributed by atoms with Crippen LogP contribution >= 0.6 is 0 Å². The Bertz CT molecular complexity index is 594. The van der Waals surface area contributed by atoms with E-state index in [9.17, 15) is 8.42 Å². The smallest absolute Gasteiger partial charge is 0.178 e. The Labute approximate surface area is 115 Å². The van der Waals surface area contributed by atoms with Crippen LogP contribution in [-0.2, 0) is 15.3 Å². The molecule has 1 fully saturated rings. The van der Waals surface area contributed by atoms with Crippen LogP contribution in [0.5, 0.6) is 0 Å². The molecule has 1 aromatic carbocycles. The van der Waals surface area contributed by atoms with Gasteiger partial charge in [-0.05, 0) is 36.9 Å². The van der Waals surface area contributed by atoms with Crippen molar-refractivity contribution in [2.45, 2.75) is 43.0 Å². The third kappa shape index (κ3) is 2.11. The van der Waals surface area contributed by atoms with Crippen molar-refractivity contribution >= 4 is 9.84 Å². The van der Waals surface area contributed by atoms with Crippen molar-refractivity contribution < 1.29 is 8.42 Å². The highest BCUT2D eigenvalue weighted by molar-refractivity contribution is 7.91.